The molecular weight excluding hydrogens is 198 g/mol. The van der Waals surface area contributed by atoms with Gasteiger partial charge >= 0.3 is 5.97 Å². The number of aromatic nitrogens is 2. The van der Waals surface area contributed by atoms with Gasteiger partial charge in [0, 0.05) is 19.0 Å². The van der Waals surface area contributed by atoms with Crippen molar-refractivity contribution < 1.29 is 14.7 Å². The van der Waals surface area contributed by atoms with E-state index in [1.54, 1.807) is 13.1 Å². The fourth-order valence-electron chi connectivity index (χ4n) is 1.11. The molecule has 0 aliphatic rings. The Labute approximate surface area is 86.7 Å². The second kappa shape index (κ2) is 5.14. The number of hydrogen-bond acceptors (Lipinski definition) is 3. The predicted octanol–water partition coefficient (Wildman–Crippen LogP) is -0.0684. The van der Waals surface area contributed by atoms with Gasteiger partial charge < -0.3 is 15.4 Å². The minimum Gasteiger partial charge on any atom is -0.480 e. The maximum Gasteiger partial charge on any atom is 0.326 e. The van der Waals surface area contributed by atoms with E-state index >= 15 is 0 Å². The van der Waals surface area contributed by atoms with Crippen molar-refractivity contribution in [2.75, 3.05) is 0 Å². The lowest BCUT2D eigenvalue weighted by atomic mass is 10.1. The van der Waals surface area contributed by atoms with Crippen LogP contribution < -0.4 is 5.32 Å². The molecule has 1 aromatic rings. The van der Waals surface area contributed by atoms with Gasteiger partial charge in [-0.25, -0.2) is 9.78 Å². The average molecular weight is 211 g/mol. The smallest absolute Gasteiger partial charge is 0.326 e. The number of carboxylic acids is 1. The first kappa shape index (κ1) is 11.2. The molecular formula is C9H13N3O3. The van der Waals surface area contributed by atoms with Crippen LogP contribution in [0.2, 0.25) is 0 Å². The minimum atomic E-state index is -1.06. The molecule has 0 aliphatic carbocycles. The number of imidazole rings is 1. The summed E-state index contributed by atoms with van der Waals surface area (Å²) in [5.74, 6) is -1.34. The Kier molecular flexibility index (Phi) is 3.84. The van der Waals surface area contributed by atoms with Crippen LogP contribution in [0, 0.1) is 0 Å². The molecule has 0 saturated heterocycles. The number of nitrogens with one attached hydrogen (secondary N) is 2. The number of aliphatic carboxylic acids is 1. The highest BCUT2D eigenvalue weighted by Gasteiger charge is 2.20. The molecule has 1 unspecified atom stereocenters. The summed E-state index contributed by atoms with van der Waals surface area (Å²) < 4.78 is 0. The third kappa shape index (κ3) is 3.41. The Hall–Kier alpha value is -1.85. The van der Waals surface area contributed by atoms with Crippen LogP contribution in [0.3, 0.4) is 0 Å². The van der Waals surface area contributed by atoms with Crippen molar-refractivity contribution in [1.82, 2.24) is 15.3 Å². The molecule has 0 aromatic carbocycles. The molecule has 0 radical (unpaired) electrons. The van der Waals surface area contributed by atoms with Gasteiger partial charge in [0.05, 0.1) is 12.0 Å². The molecule has 1 rings (SSSR count). The number of H-pyrrole nitrogens is 1. The summed E-state index contributed by atoms with van der Waals surface area (Å²) in [6.45, 7) is 1.67. The molecule has 1 aromatic heterocycles. The molecule has 0 fully saturated rings. The molecule has 1 atom stereocenters. The monoisotopic (exact) mass is 211 g/mol. The van der Waals surface area contributed by atoms with Gasteiger partial charge in [-0.05, 0) is 0 Å². The highest BCUT2D eigenvalue weighted by molar-refractivity contribution is 5.83. The van der Waals surface area contributed by atoms with Crippen LogP contribution in [-0.2, 0) is 16.0 Å². The van der Waals surface area contributed by atoms with E-state index in [0.717, 1.165) is 0 Å². The molecule has 1 amide bonds. The van der Waals surface area contributed by atoms with Gasteiger partial charge in [-0.1, -0.05) is 6.92 Å². The lowest BCUT2D eigenvalue weighted by Gasteiger charge is -2.12. The molecule has 0 saturated carbocycles. The molecule has 0 bridgehead atoms. The fraction of sp³-hybridized carbons (Fsp3) is 0.444. The van der Waals surface area contributed by atoms with Crippen LogP contribution >= 0.6 is 0 Å². The van der Waals surface area contributed by atoms with Gasteiger partial charge in [0.2, 0.25) is 5.91 Å². The number of rotatable bonds is 5. The van der Waals surface area contributed by atoms with E-state index in [2.05, 4.69) is 15.3 Å². The first-order valence-corrected chi connectivity index (χ1v) is 4.63. The fourth-order valence-corrected chi connectivity index (χ4v) is 1.11. The lowest BCUT2D eigenvalue weighted by molar-refractivity contribution is -0.141. The Morgan fingerprint density at radius 1 is 1.67 bits per heavy atom. The van der Waals surface area contributed by atoms with Crippen molar-refractivity contribution in [2.24, 2.45) is 0 Å². The van der Waals surface area contributed by atoms with Crippen LogP contribution in [0.4, 0.5) is 0 Å². The van der Waals surface area contributed by atoms with Gasteiger partial charge in [-0.3, -0.25) is 4.79 Å². The molecule has 15 heavy (non-hydrogen) atoms. The maximum absolute atomic E-state index is 11.1. The number of aromatic amines is 1. The van der Waals surface area contributed by atoms with E-state index in [1.807, 2.05) is 0 Å². The zero-order chi connectivity index (χ0) is 11.3. The van der Waals surface area contributed by atoms with Crippen LogP contribution in [0.1, 0.15) is 19.0 Å². The Bertz CT molecular complexity index is 334. The second-order valence-corrected chi connectivity index (χ2v) is 3.08. The maximum atomic E-state index is 11.1. The number of carbonyl (C=O) groups excluding carboxylic acids is 1. The molecule has 6 nitrogen and oxygen atoms in total. The zero-order valence-corrected chi connectivity index (χ0v) is 8.36. The summed E-state index contributed by atoms with van der Waals surface area (Å²) in [7, 11) is 0. The molecule has 82 valence electrons. The summed E-state index contributed by atoms with van der Waals surface area (Å²) in [6.07, 6.45) is 3.53. The summed E-state index contributed by atoms with van der Waals surface area (Å²) in [4.78, 5) is 28.5. The van der Waals surface area contributed by atoms with E-state index in [0.29, 0.717) is 5.69 Å². The number of nitrogens with zero attached hydrogens (tertiary/aromatic N) is 1. The van der Waals surface area contributed by atoms with Crippen LogP contribution in [0.25, 0.3) is 0 Å². The van der Waals surface area contributed by atoms with Gasteiger partial charge in [0.1, 0.15) is 6.04 Å². The van der Waals surface area contributed by atoms with Gasteiger partial charge in [-0.15, -0.1) is 0 Å². The van der Waals surface area contributed by atoms with E-state index in [1.165, 1.54) is 6.33 Å². The van der Waals surface area contributed by atoms with Gasteiger partial charge in [0.15, 0.2) is 0 Å². The van der Waals surface area contributed by atoms with Crippen molar-refractivity contribution in [3.63, 3.8) is 0 Å². The number of amides is 1. The van der Waals surface area contributed by atoms with Gasteiger partial charge in [0.25, 0.3) is 0 Å². The predicted molar refractivity (Wildman–Crippen MR) is 52.1 cm³/mol. The largest absolute Gasteiger partial charge is 0.480 e. The molecule has 3 N–H and O–H groups in total. The van der Waals surface area contributed by atoms with Crippen molar-refractivity contribution in [3.8, 4) is 0 Å². The molecule has 0 aliphatic heterocycles. The number of carbonyl (C=O) groups is 2. The average Bonchev–Trinajstić information content (AvgIpc) is 2.69. The summed E-state index contributed by atoms with van der Waals surface area (Å²) in [6, 6.07) is -0.916. The van der Waals surface area contributed by atoms with Gasteiger partial charge in [-0.2, -0.15) is 0 Å². The Balaban J connectivity index is 2.59. The zero-order valence-electron chi connectivity index (χ0n) is 8.36. The first-order chi connectivity index (χ1) is 7.13. The van der Waals surface area contributed by atoms with E-state index in [9.17, 15) is 9.59 Å². The second-order valence-electron chi connectivity index (χ2n) is 3.08. The molecule has 6 heteroatoms. The van der Waals surface area contributed by atoms with Crippen molar-refractivity contribution in [3.05, 3.63) is 18.2 Å². The first-order valence-electron chi connectivity index (χ1n) is 4.63. The van der Waals surface area contributed by atoms with E-state index in [4.69, 9.17) is 5.11 Å². The molecule has 0 spiro atoms. The van der Waals surface area contributed by atoms with Crippen LogP contribution in [0.5, 0.6) is 0 Å². The SMILES string of the molecule is CCC(=O)NC(Cc1c[nH]cn1)C(=O)O. The number of hydrogen-bond donors (Lipinski definition) is 3. The third-order valence-corrected chi connectivity index (χ3v) is 1.92. The normalized spacial score (nSPS) is 12.1. The number of carboxylic acid groups (broad SMARTS) is 1. The van der Waals surface area contributed by atoms with Crippen molar-refractivity contribution in [1.29, 1.82) is 0 Å². The van der Waals surface area contributed by atoms with Crippen molar-refractivity contribution in [2.45, 2.75) is 25.8 Å². The lowest BCUT2D eigenvalue weighted by Crippen LogP contribution is -2.42. The summed E-state index contributed by atoms with van der Waals surface area (Å²) in [5.41, 5.74) is 0.610. The van der Waals surface area contributed by atoms with Crippen molar-refractivity contribution >= 4 is 11.9 Å². The van der Waals surface area contributed by atoms with Crippen LogP contribution in [0.15, 0.2) is 12.5 Å². The quantitative estimate of drug-likeness (QED) is 0.635. The standard InChI is InChI=1S/C9H13N3O3/c1-2-8(13)12-7(9(14)15)3-6-4-10-5-11-6/h4-5,7H,2-3H2,1H3,(H,10,11)(H,12,13)(H,14,15). The highest BCUT2D eigenvalue weighted by Crippen LogP contribution is 1.99. The Morgan fingerprint density at radius 3 is 2.87 bits per heavy atom. The summed E-state index contributed by atoms with van der Waals surface area (Å²) >= 11 is 0. The minimum absolute atomic E-state index is 0.185. The molecule has 1 heterocycles. The topological polar surface area (TPSA) is 95.1 Å². The highest BCUT2D eigenvalue weighted by atomic mass is 16.4. The van der Waals surface area contributed by atoms with E-state index in [-0.39, 0.29) is 18.7 Å². The Morgan fingerprint density at radius 2 is 2.40 bits per heavy atom. The summed E-state index contributed by atoms with van der Waals surface area (Å²) in [5, 5.41) is 11.3. The van der Waals surface area contributed by atoms with Crippen LogP contribution in [-0.4, -0.2) is 33.0 Å². The third-order valence-electron chi connectivity index (χ3n) is 1.92. The van der Waals surface area contributed by atoms with E-state index < -0.39 is 12.0 Å².